The number of fused-ring (bicyclic) bond motifs is 3. The molecule has 0 spiro atoms. The predicted molar refractivity (Wildman–Crippen MR) is 105 cm³/mol. The molecule has 1 heterocycles. The van der Waals surface area contributed by atoms with Crippen LogP contribution >= 0.6 is 12.4 Å². The maximum atomic E-state index is 14.5. The third-order valence-corrected chi connectivity index (χ3v) is 6.48. The summed E-state index contributed by atoms with van der Waals surface area (Å²) in [5.74, 6) is -0.301. The standard InChI is InChI=1S/C22H22F5N.ClH/c1-20(24,22(25,26)27)16-5-8-18-15(12-16)4-9-19-21(18,10-11-28-19)13-14-2-6-17(23)7-3-14;/h2-3,5-8,12,19,28H,4,9-11,13H2,1H3;1H/t19-,20?,21-;/m1./s1. The molecule has 4 rings (SSSR count). The third kappa shape index (κ3) is 3.66. The zero-order valence-corrected chi connectivity index (χ0v) is 16.8. The molecule has 1 aliphatic heterocycles. The molecule has 0 radical (unpaired) electrons. The van der Waals surface area contributed by atoms with Crippen LogP contribution in [0.25, 0.3) is 0 Å². The minimum absolute atomic E-state index is 0. The summed E-state index contributed by atoms with van der Waals surface area (Å²) in [6, 6.07) is 10.9. The zero-order valence-electron chi connectivity index (χ0n) is 16.0. The number of benzene rings is 2. The van der Waals surface area contributed by atoms with E-state index in [-0.39, 0.29) is 35.2 Å². The predicted octanol–water partition coefficient (Wildman–Crippen LogP) is 5.78. The summed E-state index contributed by atoms with van der Waals surface area (Å²) in [5, 5.41) is 3.51. The van der Waals surface area contributed by atoms with Crippen molar-refractivity contribution >= 4 is 12.4 Å². The summed E-state index contributed by atoms with van der Waals surface area (Å²) in [4.78, 5) is 0. The van der Waals surface area contributed by atoms with Gasteiger partial charge in [-0.05, 0) is 73.5 Å². The summed E-state index contributed by atoms with van der Waals surface area (Å²) < 4.78 is 67.2. The molecule has 2 aromatic rings. The Morgan fingerprint density at radius 1 is 1.07 bits per heavy atom. The van der Waals surface area contributed by atoms with Gasteiger partial charge in [0.05, 0.1) is 0 Å². The number of rotatable bonds is 3. The summed E-state index contributed by atoms with van der Waals surface area (Å²) in [6.07, 6.45) is -2.05. The first kappa shape index (κ1) is 22.0. The lowest BCUT2D eigenvalue weighted by molar-refractivity contribution is -0.228. The van der Waals surface area contributed by atoms with Crippen LogP contribution < -0.4 is 5.32 Å². The molecule has 158 valence electrons. The summed E-state index contributed by atoms with van der Waals surface area (Å²) >= 11 is 0. The Bertz CT molecular complexity index is 878. The summed E-state index contributed by atoms with van der Waals surface area (Å²) in [5.41, 5.74) is -1.24. The first-order valence-electron chi connectivity index (χ1n) is 9.51. The van der Waals surface area contributed by atoms with Gasteiger partial charge in [-0.3, -0.25) is 0 Å². The molecule has 2 aromatic carbocycles. The van der Waals surface area contributed by atoms with Crippen LogP contribution in [0.5, 0.6) is 0 Å². The number of alkyl halides is 4. The molecule has 0 aromatic heterocycles. The number of halogens is 6. The Kier molecular flexibility index (Phi) is 5.73. The van der Waals surface area contributed by atoms with Gasteiger partial charge in [0.15, 0.2) is 0 Å². The van der Waals surface area contributed by atoms with Crippen molar-refractivity contribution in [1.29, 1.82) is 0 Å². The normalized spacial score (nSPS) is 25.5. The molecule has 0 amide bonds. The van der Waals surface area contributed by atoms with Crippen LogP contribution in [-0.2, 0) is 23.9 Å². The molecule has 1 aliphatic carbocycles. The minimum atomic E-state index is -4.96. The molecule has 2 aliphatic rings. The van der Waals surface area contributed by atoms with Crippen molar-refractivity contribution in [2.75, 3.05) is 6.54 Å². The van der Waals surface area contributed by atoms with Gasteiger partial charge in [-0.15, -0.1) is 12.4 Å². The van der Waals surface area contributed by atoms with Crippen LogP contribution in [0.4, 0.5) is 22.0 Å². The minimum Gasteiger partial charge on any atom is -0.313 e. The fraction of sp³-hybridized carbons (Fsp3) is 0.455. The molecule has 7 heteroatoms. The van der Waals surface area contributed by atoms with Gasteiger partial charge < -0.3 is 5.32 Å². The van der Waals surface area contributed by atoms with Crippen LogP contribution in [0.2, 0.25) is 0 Å². The van der Waals surface area contributed by atoms with E-state index in [1.807, 2.05) is 0 Å². The number of aryl methyl sites for hydroxylation is 1. The van der Waals surface area contributed by atoms with Crippen LogP contribution in [-0.4, -0.2) is 18.8 Å². The van der Waals surface area contributed by atoms with Crippen LogP contribution in [0.1, 0.15) is 42.0 Å². The van der Waals surface area contributed by atoms with Crippen LogP contribution in [0.15, 0.2) is 42.5 Å². The highest BCUT2D eigenvalue weighted by atomic mass is 35.5. The van der Waals surface area contributed by atoms with Crippen LogP contribution in [0.3, 0.4) is 0 Å². The van der Waals surface area contributed by atoms with Gasteiger partial charge in [0, 0.05) is 11.5 Å². The lowest BCUT2D eigenvalue weighted by Gasteiger charge is -2.42. The highest BCUT2D eigenvalue weighted by Crippen LogP contribution is 2.48. The van der Waals surface area contributed by atoms with Gasteiger partial charge in [-0.1, -0.05) is 30.3 Å². The van der Waals surface area contributed by atoms with Crippen molar-refractivity contribution in [3.8, 4) is 0 Å². The SMILES string of the molecule is CC(F)(c1ccc2c(c1)CC[C@H]1NCC[C@@]21Cc1ccc(F)cc1)C(F)(F)F.Cl. The Hall–Kier alpha value is -1.66. The maximum absolute atomic E-state index is 14.5. The van der Waals surface area contributed by atoms with Gasteiger partial charge in [0.25, 0.3) is 0 Å². The quantitative estimate of drug-likeness (QED) is 0.607. The number of hydrogen-bond acceptors (Lipinski definition) is 1. The molecule has 29 heavy (non-hydrogen) atoms. The van der Waals surface area contributed by atoms with Crippen molar-refractivity contribution < 1.29 is 22.0 Å². The summed E-state index contributed by atoms with van der Waals surface area (Å²) in [7, 11) is 0. The van der Waals surface area contributed by atoms with Crippen molar-refractivity contribution in [2.24, 2.45) is 0 Å². The van der Waals surface area contributed by atoms with E-state index in [0.717, 1.165) is 36.1 Å². The Labute approximate surface area is 173 Å². The largest absolute Gasteiger partial charge is 0.426 e. The topological polar surface area (TPSA) is 12.0 Å². The van der Waals surface area contributed by atoms with Crippen molar-refractivity contribution in [3.63, 3.8) is 0 Å². The Morgan fingerprint density at radius 2 is 1.76 bits per heavy atom. The fourth-order valence-electron chi connectivity index (χ4n) is 4.85. The van der Waals surface area contributed by atoms with Crippen molar-refractivity contribution in [2.45, 2.75) is 55.9 Å². The van der Waals surface area contributed by atoms with E-state index in [1.54, 1.807) is 18.2 Å². The molecule has 1 fully saturated rings. The number of hydrogen-bond donors (Lipinski definition) is 1. The van der Waals surface area contributed by atoms with Gasteiger partial charge in [0.1, 0.15) is 5.82 Å². The monoisotopic (exact) mass is 431 g/mol. The Balaban J connectivity index is 0.00000240. The molecule has 1 unspecified atom stereocenters. The van der Waals surface area contributed by atoms with E-state index in [4.69, 9.17) is 0 Å². The van der Waals surface area contributed by atoms with Gasteiger partial charge in [0.2, 0.25) is 5.67 Å². The molecule has 3 atom stereocenters. The second-order valence-electron chi connectivity index (χ2n) is 8.13. The number of nitrogens with one attached hydrogen (secondary N) is 1. The lowest BCUT2D eigenvalue weighted by Crippen LogP contribution is -2.46. The first-order valence-corrected chi connectivity index (χ1v) is 9.51. The molecular weight excluding hydrogens is 409 g/mol. The average molecular weight is 432 g/mol. The van der Waals surface area contributed by atoms with Gasteiger partial charge in [-0.25, -0.2) is 8.78 Å². The van der Waals surface area contributed by atoms with E-state index in [2.05, 4.69) is 5.32 Å². The van der Waals surface area contributed by atoms with Gasteiger partial charge >= 0.3 is 6.18 Å². The lowest BCUT2D eigenvalue weighted by atomic mass is 9.63. The highest BCUT2D eigenvalue weighted by Gasteiger charge is 2.54. The van der Waals surface area contributed by atoms with E-state index >= 15 is 0 Å². The van der Waals surface area contributed by atoms with Gasteiger partial charge in [-0.2, -0.15) is 13.2 Å². The molecule has 1 saturated heterocycles. The van der Waals surface area contributed by atoms with E-state index in [0.29, 0.717) is 19.8 Å². The van der Waals surface area contributed by atoms with Crippen LogP contribution in [0, 0.1) is 5.82 Å². The second kappa shape index (κ2) is 7.55. The molecule has 1 nitrogen and oxygen atoms in total. The highest BCUT2D eigenvalue weighted by molar-refractivity contribution is 5.85. The van der Waals surface area contributed by atoms with Crippen molar-refractivity contribution in [1.82, 2.24) is 5.32 Å². The average Bonchev–Trinajstić information content (AvgIpc) is 3.06. The second-order valence-corrected chi connectivity index (χ2v) is 8.13. The molecular formula is C22H23ClF5N. The molecule has 0 saturated carbocycles. The van der Waals surface area contributed by atoms with E-state index in [1.165, 1.54) is 24.3 Å². The molecule has 1 N–H and O–H groups in total. The first-order chi connectivity index (χ1) is 13.1. The molecule has 0 bridgehead atoms. The summed E-state index contributed by atoms with van der Waals surface area (Å²) in [6.45, 7) is 1.39. The third-order valence-electron chi connectivity index (χ3n) is 6.48. The fourth-order valence-corrected chi connectivity index (χ4v) is 4.85. The van der Waals surface area contributed by atoms with E-state index < -0.39 is 11.8 Å². The zero-order chi connectivity index (χ0) is 20.2. The van der Waals surface area contributed by atoms with Crippen molar-refractivity contribution in [3.05, 3.63) is 70.5 Å². The smallest absolute Gasteiger partial charge is 0.313 e. The maximum Gasteiger partial charge on any atom is 0.426 e. The van der Waals surface area contributed by atoms with E-state index in [9.17, 15) is 22.0 Å². The Morgan fingerprint density at radius 3 is 2.41 bits per heavy atom.